The first-order chi connectivity index (χ1) is 25.9. The molecular weight excluding hydrogens is 659 g/mol. The molecule has 1 aliphatic rings. The molecule has 0 unspecified atom stereocenters. The number of hydrogen-bond donors (Lipinski definition) is 3. The van der Waals surface area contributed by atoms with Gasteiger partial charge in [0, 0.05) is 37.7 Å². The normalized spacial score (nSPS) is 17.8. The summed E-state index contributed by atoms with van der Waals surface area (Å²) in [5.41, 5.74) is 8.37. The summed E-state index contributed by atoms with van der Waals surface area (Å²) in [6.45, 7) is 3.89. The highest BCUT2D eigenvalue weighted by Crippen LogP contribution is 2.39. The monoisotopic (exact) mass is 705 g/mol. The Balaban J connectivity index is 1.03. The predicted octanol–water partition coefficient (Wildman–Crippen LogP) is 9.24. The number of hydrogen-bond acceptors (Lipinski definition) is 5. The standard InChI is InChI=1S/C46H47N3O4/c1-32(40-24-21-36-12-6-7-13-42(36)26-40)49(2)30-43-27-44(38-17-15-34(31-50)16-18-38)53-45(52-43)39-22-19-37(20-23-39)41-14-8-11-35(25-41)29-48-46(51)47-28-33-9-4-3-5-10-33/h3-26,32,43-45,50H,27-31H2,1-2H3,(H2,47,48,51)/t32-,43+,44-,45-/m1/s1. The lowest BCUT2D eigenvalue weighted by Crippen LogP contribution is -2.38. The number of carbonyl (C=O) groups is 1. The lowest BCUT2D eigenvalue weighted by Gasteiger charge is -2.39. The lowest BCUT2D eigenvalue weighted by atomic mass is 9.98. The molecule has 2 amide bonds. The van der Waals surface area contributed by atoms with Crippen LogP contribution in [0.2, 0.25) is 0 Å². The number of benzene rings is 6. The van der Waals surface area contributed by atoms with Crippen LogP contribution in [-0.2, 0) is 29.2 Å². The van der Waals surface area contributed by atoms with Gasteiger partial charge in [0.25, 0.3) is 0 Å². The molecule has 0 aliphatic carbocycles. The fourth-order valence-corrected chi connectivity index (χ4v) is 6.95. The third kappa shape index (κ3) is 9.20. The van der Waals surface area contributed by atoms with Crippen LogP contribution < -0.4 is 10.6 Å². The molecule has 0 saturated carbocycles. The Kier molecular flexibility index (Phi) is 11.6. The highest BCUT2D eigenvalue weighted by molar-refractivity contribution is 5.83. The molecule has 0 spiro atoms. The van der Waals surface area contributed by atoms with E-state index < -0.39 is 6.29 Å². The number of likely N-dealkylation sites (N-methyl/N-ethyl adjacent to an activating group) is 1. The van der Waals surface area contributed by atoms with E-state index in [4.69, 9.17) is 9.47 Å². The van der Waals surface area contributed by atoms with Gasteiger partial charge in [-0.25, -0.2) is 4.79 Å². The summed E-state index contributed by atoms with van der Waals surface area (Å²) in [7, 11) is 2.16. The maximum atomic E-state index is 12.4. The van der Waals surface area contributed by atoms with Crippen molar-refractivity contribution in [1.29, 1.82) is 0 Å². The van der Waals surface area contributed by atoms with E-state index >= 15 is 0 Å². The molecule has 6 aromatic carbocycles. The summed E-state index contributed by atoms with van der Waals surface area (Å²) < 4.78 is 13.4. The van der Waals surface area contributed by atoms with E-state index in [1.807, 2.05) is 54.6 Å². The summed E-state index contributed by atoms with van der Waals surface area (Å²) in [5.74, 6) is 0. The average Bonchev–Trinajstić information content (AvgIpc) is 3.22. The van der Waals surface area contributed by atoms with Gasteiger partial charge >= 0.3 is 6.03 Å². The average molecular weight is 706 g/mol. The van der Waals surface area contributed by atoms with Crippen molar-refractivity contribution in [2.45, 2.75) is 57.6 Å². The second kappa shape index (κ2) is 17.0. The third-order valence-corrected chi connectivity index (χ3v) is 10.2. The molecule has 7 rings (SSSR count). The largest absolute Gasteiger partial charge is 0.392 e. The molecule has 1 fully saturated rings. The summed E-state index contributed by atoms with van der Waals surface area (Å²) in [5, 5.41) is 18.0. The van der Waals surface area contributed by atoms with E-state index in [0.29, 0.717) is 19.5 Å². The molecule has 3 N–H and O–H groups in total. The van der Waals surface area contributed by atoms with Gasteiger partial charge in [0.2, 0.25) is 0 Å². The predicted molar refractivity (Wildman–Crippen MR) is 211 cm³/mol. The number of aliphatic hydroxyl groups is 1. The van der Waals surface area contributed by atoms with Crippen LogP contribution in [0.15, 0.2) is 146 Å². The number of nitrogens with zero attached hydrogens (tertiary/aromatic N) is 1. The smallest absolute Gasteiger partial charge is 0.315 e. The number of ether oxygens (including phenoxy) is 2. The molecule has 270 valence electrons. The summed E-state index contributed by atoms with van der Waals surface area (Å²) >= 11 is 0. The van der Waals surface area contributed by atoms with Crippen molar-refractivity contribution >= 4 is 16.8 Å². The van der Waals surface area contributed by atoms with E-state index in [0.717, 1.165) is 45.5 Å². The van der Waals surface area contributed by atoms with Gasteiger partial charge in [-0.2, -0.15) is 0 Å². The molecule has 1 heterocycles. The van der Waals surface area contributed by atoms with Gasteiger partial charge in [0.15, 0.2) is 6.29 Å². The van der Waals surface area contributed by atoms with Crippen LogP contribution in [-0.4, -0.2) is 35.7 Å². The number of rotatable bonds is 12. The van der Waals surface area contributed by atoms with Crippen LogP contribution in [0, 0.1) is 0 Å². The quantitative estimate of drug-likeness (QED) is 0.118. The molecule has 0 aromatic heterocycles. The Bertz CT molecular complexity index is 2100. The Morgan fingerprint density at radius 1 is 0.698 bits per heavy atom. The Labute approximate surface area is 312 Å². The zero-order valence-corrected chi connectivity index (χ0v) is 30.3. The molecule has 1 aliphatic heterocycles. The fraction of sp³-hybridized carbons (Fsp3) is 0.239. The van der Waals surface area contributed by atoms with Crippen molar-refractivity contribution in [3.8, 4) is 11.1 Å². The fourth-order valence-electron chi connectivity index (χ4n) is 6.95. The van der Waals surface area contributed by atoms with Gasteiger partial charge in [0.05, 0.1) is 18.8 Å². The van der Waals surface area contributed by atoms with Crippen molar-refractivity contribution in [1.82, 2.24) is 15.5 Å². The van der Waals surface area contributed by atoms with Crippen LogP contribution >= 0.6 is 0 Å². The topological polar surface area (TPSA) is 83.1 Å². The number of nitrogens with one attached hydrogen (secondary N) is 2. The molecule has 0 bridgehead atoms. The molecule has 53 heavy (non-hydrogen) atoms. The lowest BCUT2D eigenvalue weighted by molar-refractivity contribution is -0.253. The van der Waals surface area contributed by atoms with Crippen molar-refractivity contribution in [2.24, 2.45) is 0 Å². The molecule has 6 aromatic rings. The Hall–Kier alpha value is -5.31. The van der Waals surface area contributed by atoms with Crippen LogP contribution in [0.5, 0.6) is 0 Å². The molecule has 4 atom stereocenters. The molecule has 1 saturated heterocycles. The van der Waals surface area contributed by atoms with Gasteiger partial charge in [0.1, 0.15) is 0 Å². The van der Waals surface area contributed by atoms with Crippen LogP contribution in [0.25, 0.3) is 21.9 Å². The summed E-state index contributed by atoms with van der Waals surface area (Å²) in [6, 6.07) is 49.6. The molecule has 7 nitrogen and oxygen atoms in total. The highest BCUT2D eigenvalue weighted by atomic mass is 16.7. The molecule has 7 heteroatoms. The number of fused-ring (bicyclic) bond motifs is 1. The zero-order valence-electron chi connectivity index (χ0n) is 30.3. The van der Waals surface area contributed by atoms with Gasteiger partial charge < -0.3 is 25.2 Å². The minimum absolute atomic E-state index is 0.00742. The Morgan fingerprint density at radius 2 is 1.38 bits per heavy atom. The van der Waals surface area contributed by atoms with E-state index in [-0.39, 0.29) is 30.9 Å². The van der Waals surface area contributed by atoms with E-state index in [2.05, 4.69) is 121 Å². The van der Waals surface area contributed by atoms with Gasteiger partial charge in [-0.3, -0.25) is 4.90 Å². The van der Waals surface area contributed by atoms with Gasteiger partial charge in [-0.05, 0) is 75.8 Å². The number of aliphatic hydroxyl groups excluding tert-OH is 1. The maximum absolute atomic E-state index is 12.4. The first-order valence-electron chi connectivity index (χ1n) is 18.4. The first-order valence-corrected chi connectivity index (χ1v) is 18.4. The van der Waals surface area contributed by atoms with Crippen LogP contribution in [0.1, 0.15) is 65.2 Å². The van der Waals surface area contributed by atoms with E-state index in [1.54, 1.807) is 0 Å². The van der Waals surface area contributed by atoms with E-state index in [1.165, 1.54) is 16.3 Å². The Morgan fingerprint density at radius 3 is 2.13 bits per heavy atom. The third-order valence-electron chi connectivity index (χ3n) is 10.2. The van der Waals surface area contributed by atoms with Crippen molar-refractivity contribution in [3.63, 3.8) is 0 Å². The minimum Gasteiger partial charge on any atom is -0.392 e. The number of carbonyl (C=O) groups excluding carboxylic acids is 1. The van der Waals surface area contributed by atoms with Crippen molar-refractivity contribution in [2.75, 3.05) is 13.6 Å². The second-order valence-corrected chi connectivity index (χ2v) is 13.9. The molecular formula is C46H47N3O4. The summed E-state index contributed by atoms with van der Waals surface area (Å²) in [6.07, 6.45) is -0.0605. The number of amides is 2. The van der Waals surface area contributed by atoms with Gasteiger partial charge in [-0.1, -0.05) is 133 Å². The maximum Gasteiger partial charge on any atom is 0.315 e. The highest BCUT2D eigenvalue weighted by Gasteiger charge is 2.33. The first kappa shape index (κ1) is 36.1. The van der Waals surface area contributed by atoms with Crippen molar-refractivity contribution < 1.29 is 19.4 Å². The van der Waals surface area contributed by atoms with Crippen LogP contribution in [0.3, 0.4) is 0 Å². The number of urea groups is 1. The molecule has 0 radical (unpaired) electrons. The minimum atomic E-state index is -0.542. The van der Waals surface area contributed by atoms with Crippen LogP contribution in [0.4, 0.5) is 4.79 Å². The van der Waals surface area contributed by atoms with Gasteiger partial charge in [-0.15, -0.1) is 0 Å². The zero-order chi connectivity index (χ0) is 36.6. The second-order valence-electron chi connectivity index (χ2n) is 13.9. The van der Waals surface area contributed by atoms with Crippen molar-refractivity contribution in [3.05, 3.63) is 179 Å². The van der Waals surface area contributed by atoms with E-state index in [9.17, 15) is 9.90 Å². The SMILES string of the molecule is C[C@H](c1ccc2ccccc2c1)N(C)C[C@@H]1C[C@H](c2ccc(CO)cc2)O[C@H](c2ccc(-c3cccc(CNC(=O)NCc4ccccc4)c3)cc2)O1. The summed E-state index contributed by atoms with van der Waals surface area (Å²) in [4.78, 5) is 14.8.